The molecule has 0 aromatic heterocycles. The summed E-state index contributed by atoms with van der Waals surface area (Å²) >= 11 is 0. The maximum Gasteiger partial charge on any atom is 0.255 e. The van der Waals surface area contributed by atoms with Crippen LogP contribution in [0.1, 0.15) is 17.3 Å². The van der Waals surface area contributed by atoms with Gasteiger partial charge in [0, 0.05) is 5.56 Å². The van der Waals surface area contributed by atoms with E-state index >= 15 is 0 Å². The average Bonchev–Trinajstić information content (AvgIpc) is 2.48. The summed E-state index contributed by atoms with van der Waals surface area (Å²) in [4.78, 5) is 12.0. The van der Waals surface area contributed by atoms with E-state index in [-0.39, 0.29) is 5.56 Å². The van der Waals surface area contributed by atoms with Crippen LogP contribution in [0.3, 0.4) is 0 Å². The Morgan fingerprint density at radius 1 is 1.14 bits per heavy atom. The highest BCUT2D eigenvalue weighted by molar-refractivity contribution is 6.04. The number of carbonyl (C=O) groups excluding carboxylic acids is 1. The number of benzene rings is 2. The van der Waals surface area contributed by atoms with Gasteiger partial charge in [-0.3, -0.25) is 4.79 Å². The zero-order chi connectivity index (χ0) is 15.4. The first-order chi connectivity index (χ1) is 10.0. The molecular weight excluding hydrogens is 283 g/mol. The van der Waals surface area contributed by atoms with E-state index in [1.807, 2.05) is 0 Å². The lowest BCUT2D eigenvalue weighted by Crippen LogP contribution is -2.14. The molecule has 0 aliphatic rings. The first-order valence-electron chi connectivity index (χ1n) is 6.20. The van der Waals surface area contributed by atoms with Gasteiger partial charge in [0.2, 0.25) is 0 Å². The largest absolute Gasteiger partial charge is 0.494 e. The van der Waals surface area contributed by atoms with Crippen molar-refractivity contribution in [2.45, 2.75) is 6.92 Å². The van der Waals surface area contributed by atoms with E-state index in [1.54, 1.807) is 19.1 Å². The molecule has 0 atom stereocenters. The highest BCUT2D eigenvalue weighted by atomic mass is 19.2. The van der Waals surface area contributed by atoms with Gasteiger partial charge in [0.25, 0.3) is 5.91 Å². The van der Waals surface area contributed by atoms with Crippen LogP contribution in [0.15, 0.2) is 36.4 Å². The van der Waals surface area contributed by atoms with Crippen molar-refractivity contribution in [3.05, 3.63) is 59.4 Å². The average molecular weight is 295 g/mol. The van der Waals surface area contributed by atoms with Crippen LogP contribution in [0, 0.1) is 17.5 Å². The molecule has 0 bridgehead atoms. The standard InChI is InChI=1S/C15H12F3NO2/c1-2-21-10-5-3-4-9(8-10)15(20)19-12-7-6-11(16)13(17)14(12)18/h3-8H,2H2,1H3,(H,19,20). The predicted octanol–water partition coefficient (Wildman–Crippen LogP) is 3.75. The molecule has 1 amide bonds. The van der Waals surface area contributed by atoms with Gasteiger partial charge in [0.1, 0.15) is 5.75 Å². The van der Waals surface area contributed by atoms with Gasteiger partial charge in [-0.05, 0) is 37.3 Å². The molecule has 110 valence electrons. The first-order valence-corrected chi connectivity index (χ1v) is 6.20. The van der Waals surface area contributed by atoms with Crippen molar-refractivity contribution in [3.8, 4) is 5.75 Å². The SMILES string of the molecule is CCOc1cccc(C(=O)Nc2ccc(F)c(F)c2F)c1. The number of hydrogen-bond acceptors (Lipinski definition) is 2. The van der Waals surface area contributed by atoms with Crippen LogP contribution in [0.25, 0.3) is 0 Å². The third-order valence-electron chi connectivity index (χ3n) is 2.69. The van der Waals surface area contributed by atoms with E-state index in [1.165, 1.54) is 12.1 Å². The maximum atomic E-state index is 13.5. The molecule has 2 aromatic carbocycles. The third kappa shape index (κ3) is 3.34. The summed E-state index contributed by atoms with van der Waals surface area (Å²) in [7, 11) is 0. The fourth-order valence-corrected chi connectivity index (χ4v) is 1.71. The van der Waals surface area contributed by atoms with Crippen molar-refractivity contribution in [1.29, 1.82) is 0 Å². The van der Waals surface area contributed by atoms with Crippen LogP contribution in [-0.4, -0.2) is 12.5 Å². The summed E-state index contributed by atoms with van der Waals surface area (Å²) in [5, 5.41) is 2.19. The van der Waals surface area contributed by atoms with Crippen molar-refractivity contribution in [1.82, 2.24) is 0 Å². The van der Waals surface area contributed by atoms with Gasteiger partial charge >= 0.3 is 0 Å². The third-order valence-corrected chi connectivity index (χ3v) is 2.69. The highest BCUT2D eigenvalue weighted by Crippen LogP contribution is 2.21. The number of ether oxygens (including phenoxy) is 1. The van der Waals surface area contributed by atoms with Crippen LogP contribution >= 0.6 is 0 Å². The summed E-state index contributed by atoms with van der Waals surface area (Å²) in [6, 6.07) is 7.93. The fraction of sp³-hybridized carbons (Fsp3) is 0.133. The van der Waals surface area contributed by atoms with Crippen molar-refractivity contribution < 1.29 is 22.7 Å². The number of anilines is 1. The van der Waals surface area contributed by atoms with E-state index in [0.29, 0.717) is 12.4 Å². The zero-order valence-electron chi connectivity index (χ0n) is 11.1. The highest BCUT2D eigenvalue weighted by Gasteiger charge is 2.16. The quantitative estimate of drug-likeness (QED) is 0.872. The van der Waals surface area contributed by atoms with Crippen LogP contribution < -0.4 is 10.1 Å². The molecule has 21 heavy (non-hydrogen) atoms. The molecule has 2 rings (SSSR count). The van der Waals surface area contributed by atoms with Gasteiger partial charge < -0.3 is 10.1 Å². The molecule has 0 unspecified atom stereocenters. The van der Waals surface area contributed by atoms with Crippen LogP contribution in [-0.2, 0) is 0 Å². The summed E-state index contributed by atoms with van der Waals surface area (Å²) in [6.07, 6.45) is 0. The zero-order valence-corrected chi connectivity index (χ0v) is 11.1. The lowest BCUT2D eigenvalue weighted by molar-refractivity contribution is 0.102. The van der Waals surface area contributed by atoms with Crippen molar-refractivity contribution in [2.24, 2.45) is 0 Å². The minimum atomic E-state index is -1.63. The van der Waals surface area contributed by atoms with E-state index in [0.717, 1.165) is 12.1 Å². The molecule has 1 N–H and O–H groups in total. The minimum absolute atomic E-state index is 0.213. The van der Waals surface area contributed by atoms with E-state index in [2.05, 4.69) is 5.32 Å². The van der Waals surface area contributed by atoms with Gasteiger partial charge in [-0.15, -0.1) is 0 Å². The second-order valence-corrected chi connectivity index (χ2v) is 4.14. The summed E-state index contributed by atoms with van der Waals surface area (Å²) < 4.78 is 44.6. The summed E-state index contributed by atoms with van der Waals surface area (Å²) in [5.41, 5.74) is -0.217. The summed E-state index contributed by atoms with van der Waals surface area (Å²) in [6.45, 7) is 2.23. The van der Waals surface area contributed by atoms with Crippen molar-refractivity contribution >= 4 is 11.6 Å². The molecule has 0 saturated heterocycles. The van der Waals surface area contributed by atoms with Gasteiger partial charge in [0.15, 0.2) is 17.5 Å². The topological polar surface area (TPSA) is 38.3 Å². The van der Waals surface area contributed by atoms with Crippen molar-refractivity contribution in [3.63, 3.8) is 0 Å². The Kier molecular flexibility index (Phi) is 4.47. The molecule has 0 spiro atoms. The van der Waals surface area contributed by atoms with Gasteiger partial charge in [0.05, 0.1) is 12.3 Å². The lowest BCUT2D eigenvalue weighted by atomic mass is 10.2. The Hall–Kier alpha value is -2.50. The normalized spacial score (nSPS) is 10.3. The molecule has 0 heterocycles. The van der Waals surface area contributed by atoms with Gasteiger partial charge in [-0.25, -0.2) is 13.2 Å². The number of carbonyl (C=O) groups is 1. The number of nitrogens with one attached hydrogen (secondary N) is 1. The maximum absolute atomic E-state index is 13.5. The molecular formula is C15H12F3NO2. The minimum Gasteiger partial charge on any atom is -0.494 e. The molecule has 3 nitrogen and oxygen atoms in total. The first kappa shape index (κ1) is 14.9. The Balaban J connectivity index is 2.22. The van der Waals surface area contributed by atoms with E-state index < -0.39 is 29.0 Å². The van der Waals surface area contributed by atoms with Gasteiger partial charge in [-0.2, -0.15) is 0 Å². The molecule has 0 aliphatic heterocycles. The second-order valence-electron chi connectivity index (χ2n) is 4.14. The molecule has 0 fully saturated rings. The van der Waals surface area contributed by atoms with Crippen LogP contribution in [0.4, 0.5) is 18.9 Å². The smallest absolute Gasteiger partial charge is 0.255 e. The lowest BCUT2D eigenvalue weighted by Gasteiger charge is -2.09. The molecule has 0 aliphatic carbocycles. The molecule has 0 radical (unpaired) electrons. The Bertz CT molecular complexity index is 674. The number of hydrogen-bond donors (Lipinski definition) is 1. The number of rotatable bonds is 4. The molecule has 0 saturated carbocycles. The Morgan fingerprint density at radius 3 is 2.62 bits per heavy atom. The molecule has 2 aromatic rings. The van der Waals surface area contributed by atoms with E-state index in [9.17, 15) is 18.0 Å². The Morgan fingerprint density at radius 2 is 1.90 bits per heavy atom. The van der Waals surface area contributed by atoms with E-state index in [4.69, 9.17) is 4.74 Å². The van der Waals surface area contributed by atoms with Crippen LogP contribution in [0.2, 0.25) is 0 Å². The predicted molar refractivity (Wildman–Crippen MR) is 71.9 cm³/mol. The fourth-order valence-electron chi connectivity index (χ4n) is 1.71. The van der Waals surface area contributed by atoms with Crippen molar-refractivity contribution in [2.75, 3.05) is 11.9 Å². The number of halogens is 3. The number of amides is 1. The molecule has 6 heteroatoms. The monoisotopic (exact) mass is 295 g/mol. The van der Waals surface area contributed by atoms with Crippen LogP contribution in [0.5, 0.6) is 5.75 Å². The summed E-state index contributed by atoms with van der Waals surface area (Å²) in [5.74, 6) is -4.55. The Labute approximate surface area is 119 Å². The second kappa shape index (κ2) is 6.30. The van der Waals surface area contributed by atoms with Gasteiger partial charge in [-0.1, -0.05) is 6.07 Å².